The third-order valence-electron chi connectivity index (χ3n) is 6.37. The molecule has 1 N–H and O–H groups in total. The summed E-state index contributed by atoms with van der Waals surface area (Å²) in [5, 5.41) is 5.18. The molecule has 7 nitrogen and oxygen atoms in total. The molecule has 0 aliphatic heterocycles. The Morgan fingerprint density at radius 3 is 2.40 bits per heavy atom. The van der Waals surface area contributed by atoms with E-state index in [0.29, 0.717) is 33.9 Å². The molecule has 10 heteroatoms. The molecule has 3 aromatic carbocycles. The number of halogens is 3. The largest absolute Gasteiger partial charge is 0.488 e. The van der Waals surface area contributed by atoms with Crippen LogP contribution in [0.15, 0.2) is 94.4 Å². The summed E-state index contributed by atoms with van der Waals surface area (Å²) < 4.78 is 20.5. The zero-order chi connectivity index (χ0) is 29.6. The summed E-state index contributed by atoms with van der Waals surface area (Å²) in [7, 11) is 0. The molecule has 1 amide bonds. The van der Waals surface area contributed by atoms with Gasteiger partial charge in [0.1, 0.15) is 30.5 Å². The number of hydrogen-bond acceptors (Lipinski definition) is 5. The van der Waals surface area contributed by atoms with Crippen LogP contribution < -0.4 is 14.9 Å². The summed E-state index contributed by atoms with van der Waals surface area (Å²) in [5.74, 6) is 1.60. The highest BCUT2D eigenvalue weighted by atomic mass is 127. The minimum Gasteiger partial charge on any atom is -0.488 e. The fourth-order valence-corrected chi connectivity index (χ4v) is 5.39. The maximum Gasteiger partial charge on any atom is 0.307 e. The number of rotatable bonds is 10. The molecule has 0 spiro atoms. The zero-order valence-corrected chi connectivity index (χ0v) is 26.4. The van der Waals surface area contributed by atoms with Gasteiger partial charge in [-0.05, 0) is 121 Å². The molecular formula is C32H26Cl2IN3O4. The number of ether oxygens (including phenoxy) is 2. The van der Waals surface area contributed by atoms with Crippen LogP contribution in [0.1, 0.15) is 38.8 Å². The molecule has 0 radical (unpaired) electrons. The predicted octanol–water partition coefficient (Wildman–Crippen LogP) is 8.52. The first-order valence-electron chi connectivity index (χ1n) is 12.9. The second kappa shape index (κ2) is 13.5. The van der Waals surface area contributed by atoms with Gasteiger partial charge < -0.3 is 18.5 Å². The Balaban J connectivity index is 1.11. The van der Waals surface area contributed by atoms with Crippen molar-refractivity contribution in [3.63, 3.8) is 0 Å². The van der Waals surface area contributed by atoms with Crippen LogP contribution in [-0.2, 0) is 13.2 Å². The average molecular weight is 714 g/mol. The highest BCUT2D eigenvalue weighted by molar-refractivity contribution is 14.1. The first-order valence-corrected chi connectivity index (χ1v) is 14.8. The molecule has 5 rings (SSSR count). The lowest BCUT2D eigenvalue weighted by Crippen LogP contribution is -2.16. The molecule has 2 aromatic heterocycles. The van der Waals surface area contributed by atoms with Crippen molar-refractivity contribution < 1.29 is 18.7 Å². The van der Waals surface area contributed by atoms with Gasteiger partial charge in [0.2, 0.25) is 0 Å². The first kappa shape index (κ1) is 29.8. The number of benzene rings is 3. The van der Waals surface area contributed by atoms with E-state index in [2.05, 4.69) is 63.7 Å². The topological polar surface area (TPSA) is 78.0 Å². The summed E-state index contributed by atoms with van der Waals surface area (Å²) in [6, 6.07) is 26.2. The van der Waals surface area contributed by atoms with E-state index in [0.717, 1.165) is 20.4 Å². The number of aromatic nitrogens is 1. The van der Waals surface area contributed by atoms with Gasteiger partial charge in [-0.1, -0.05) is 29.3 Å². The van der Waals surface area contributed by atoms with Gasteiger partial charge >= 0.3 is 5.91 Å². The van der Waals surface area contributed by atoms with Crippen LogP contribution in [0.5, 0.6) is 11.5 Å². The van der Waals surface area contributed by atoms with Crippen molar-refractivity contribution in [1.82, 2.24) is 9.99 Å². The van der Waals surface area contributed by atoms with Gasteiger partial charge in [-0.3, -0.25) is 4.79 Å². The summed E-state index contributed by atoms with van der Waals surface area (Å²) >= 11 is 14.4. The molecule has 0 aliphatic carbocycles. The van der Waals surface area contributed by atoms with Crippen LogP contribution in [0.25, 0.3) is 5.69 Å². The normalized spacial score (nSPS) is 11.2. The Hall–Kier alpha value is -3.73. The Morgan fingerprint density at radius 2 is 1.69 bits per heavy atom. The molecule has 0 bridgehead atoms. The molecule has 0 aliphatic rings. The number of furan rings is 1. The van der Waals surface area contributed by atoms with Crippen LogP contribution in [0.4, 0.5) is 0 Å². The number of nitrogens with zero attached hydrogens (tertiary/aromatic N) is 2. The predicted molar refractivity (Wildman–Crippen MR) is 173 cm³/mol. The number of carbonyl (C=O) groups excluding carboxylic acids is 1. The average Bonchev–Trinajstić information content (AvgIpc) is 3.58. The second-order valence-electron chi connectivity index (χ2n) is 9.41. The molecule has 0 fully saturated rings. The number of nitrogens with one attached hydrogen (secondary N) is 1. The van der Waals surface area contributed by atoms with E-state index in [9.17, 15) is 4.79 Å². The van der Waals surface area contributed by atoms with E-state index in [-0.39, 0.29) is 12.4 Å². The highest BCUT2D eigenvalue weighted by Crippen LogP contribution is 2.26. The minimum atomic E-state index is -0.464. The van der Waals surface area contributed by atoms with Gasteiger partial charge in [0, 0.05) is 32.7 Å². The summed E-state index contributed by atoms with van der Waals surface area (Å²) in [6.07, 6.45) is 1.55. The Bertz CT molecular complexity index is 1730. The molecule has 2 heterocycles. The molecule has 0 unspecified atom stereocenters. The smallest absolute Gasteiger partial charge is 0.307 e. The Labute approximate surface area is 267 Å². The van der Waals surface area contributed by atoms with E-state index < -0.39 is 5.91 Å². The summed E-state index contributed by atoms with van der Waals surface area (Å²) in [6.45, 7) is 4.65. The maximum absolute atomic E-state index is 12.5. The quantitative estimate of drug-likeness (QED) is 0.0895. The van der Waals surface area contributed by atoms with Crippen LogP contribution in [-0.4, -0.2) is 16.7 Å². The first-order chi connectivity index (χ1) is 20.3. The standard InChI is InChI=1S/C32H26Cl2IN3O4/c1-20-3-4-21(2)38(20)25-8-10-26(11-9-25)40-19-27-12-14-31(42-27)32(39)37-36-17-22-5-13-30(29(35)15-22)41-18-23-6-7-24(33)16-28(23)34/h3-17H,18-19H2,1-2H3,(H,37,39)/b36-17+. The number of aryl methyl sites for hydroxylation is 2. The van der Waals surface area contributed by atoms with Gasteiger partial charge in [0.25, 0.3) is 0 Å². The van der Waals surface area contributed by atoms with Gasteiger partial charge in [-0.15, -0.1) is 0 Å². The molecule has 0 saturated carbocycles. The molecular weight excluding hydrogens is 688 g/mol. The van der Waals surface area contributed by atoms with Crippen LogP contribution >= 0.6 is 45.8 Å². The summed E-state index contributed by atoms with van der Waals surface area (Å²) in [5.41, 5.74) is 7.52. The number of hydrazone groups is 1. The third kappa shape index (κ3) is 7.36. The van der Waals surface area contributed by atoms with E-state index in [1.165, 1.54) is 11.4 Å². The lowest BCUT2D eigenvalue weighted by atomic mass is 10.2. The van der Waals surface area contributed by atoms with E-state index >= 15 is 0 Å². The van der Waals surface area contributed by atoms with Crippen molar-refractivity contribution in [3.05, 3.63) is 133 Å². The van der Waals surface area contributed by atoms with E-state index in [4.69, 9.17) is 37.1 Å². The van der Waals surface area contributed by atoms with Gasteiger partial charge in [-0.2, -0.15) is 5.10 Å². The van der Waals surface area contributed by atoms with Gasteiger partial charge in [-0.25, -0.2) is 5.43 Å². The molecule has 5 aromatic rings. The van der Waals surface area contributed by atoms with Crippen LogP contribution in [0.2, 0.25) is 10.0 Å². The second-order valence-corrected chi connectivity index (χ2v) is 11.4. The van der Waals surface area contributed by atoms with Crippen LogP contribution in [0, 0.1) is 17.4 Å². The van der Waals surface area contributed by atoms with Crippen molar-refractivity contribution in [3.8, 4) is 17.2 Å². The third-order valence-corrected chi connectivity index (χ3v) is 7.80. The maximum atomic E-state index is 12.5. The zero-order valence-electron chi connectivity index (χ0n) is 22.7. The van der Waals surface area contributed by atoms with Crippen molar-refractivity contribution in [1.29, 1.82) is 0 Å². The van der Waals surface area contributed by atoms with E-state index in [1.807, 2.05) is 48.5 Å². The van der Waals surface area contributed by atoms with Crippen molar-refractivity contribution in [2.45, 2.75) is 27.1 Å². The SMILES string of the molecule is Cc1ccc(C)n1-c1ccc(OCc2ccc(C(=O)N/N=C/c3ccc(OCc4ccc(Cl)cc4Cl)c(I)c3)o2)cc1. The lowest BCUT2D eigenvalue weighted by Gasteiger charge is -2.10. The molecule has 0 saturated heterocycles. The van der Waals surface area contributed by atoms with Gasteiger partial charge in [0.05, 0.1) is 9.78 Å². The monoisotopic (exact) mass is 713 g/mol. The van der Waals surface area contributed by atoms with Crippen LogP contribution in [0.3, 0.4) is 0 Å². The number of carbonyl (C=O) groups is 1. The van der Waals surface area contributed by atoms with Gasteiger partial charge in [0.15, 0.2) is 5.76 Å². The minimum absolute atomic E-state index is 0.138. The Kier molecular flexibility index (Phi) is 9.56. The van der Waals surface area contributed by atoms with Crippen molar-refractivity contribution >= 4 is 57.9 Å². The number of hydrogen-bond donors (Lipinski definition) is 1. The molecule has 0 atom stereocenters. The molecule has 214 valence electrons. The van der Waals surface area contributed by atoms with Crippen molar-refractivity contribution in [2.75, 3.05) is 0 Å². The fraction of sp³-hybridized carbons (Fsp3) is 0.125. The summed E-state index contributed by atoms with van der Waals surface area (Å²) in [4.78, 5) is 12.5. The van der Waals surface area contributed by atoms with Crippen molar-refractivity contribution in [2.24, 2.45) is 5.10 Å². The molecule has 42 heavy (non-hydrogen) atoms. The van der Waals surface area contributed by atoms with E-state index in [1.54, 1.807) is 30.5 Å². The Morgan fingerprint density at radius 1 is 0.929 bits per heavy atom. The lowest BCUT2D eigenvalue weighted by molar-refractivity contribution is 0.0923. The highest BCUT2D eigenvalue weighted by Gasteiger charge is 2.12. The number of amides is 1. The fourth-order valence-electron chi connectivity index (χ4n) is 4.23.